The van der Waals surface area contributed by atoms with Crippen molar-refractivity contribution in [3.8, 4) is 0 Å². The predicted octanol–water partition coefficient (Wildman–Crippen LogP) is 2.30. The average Bonchev–Trinajstić information content (AvgIpc) is 2.91. The Bertz CT molecular complexity index is 607. The molecule has 1 aromatic heterocycles. The topological polar surface area (TPSA) is 74.8 Å². The molecule has 2 amide bonds. The third-order valence-corrected chi connectivity index (χ3v) is 5.54. The Balaban J connectivity index is 1.87. The standard InChI is InChI=1S/C19H32N4O3S/c1-14(2)12-18(25)23(7-5-6-22-8-10-26-11-9-22)13-17(24)21-19-20-15(3)16(4)27-19/h14H,5-13H2,1-4H3,(H,20,21,24). The summed E-state index contributed by atoms with van der Waals surface area (Å²) in [6.45, 7) is 12.9. The van der Waals surface area contributed by atoms with Gasteiger partial charge in [0.05, 0.1) is 25.5 Å². The van der Waals surface area contributed by atoms with Crippen molar-refractivity contribution in [2.75, 3.05) is 51.3 Å². The first kappa shape index (κ1) is 21.8. The van der Waals surface area contributed by atoms with E-state index in [1.807, 2.05) is 27.7 Å². The number of nitrogens with zero attached hydrogens (tertiary/aromatic N) is 3. The van der Waals surface area contributed by atoms with Crippen LogP contribution < -0.4 is 5.32 Å². The highest BCUT2D eigenvalue weighted by Crippen LogP contribution is 2.21. The van der Waals surface area contributed by atoms with E-state index in [4.69, 9.17) is 4.74 Å². The monoisotopic (exact) mass is 396 g/mol. The number of carbonyl (C=O) groups is 2. The van der Waals surface area contributed by atoms with Gasteiger partial charge in [-0.2, -0.15) is 0 Å². The molecule has 2 rings (SSSR count). The summed E-state index contributed by atoms with van der Waals surface area (Å²) in [7, 11) is 0. The smallest absolute Gasteiger partial charge is 0.245 e. The van der Waals surface area contributed by atoms with Gasteiger partial charge < -0.3 is 15.0 Å². The minimum Gasteiger partial charge on any atom is -0.379 e. The van der Waals surface area contributed by atoms with Crippen molar-refractivity contribution in [3.63, 3.8) is 0 Å². The quantitative estimate of drug-likeness (QED) is 0.693. The van der Waals surface area contributed by atoms with E-state index in [0.29, 0.717) is 18.1 Å². The van der Waals surface area contributed by atoms with E-state index in [2.05, 4.69) is 15.2 Å². The molecule has 152 valence electrons. The third kappa shape index (κ3) is 7.56. The van der Waals surface area contributed by atoms with E-state index in [0.717, 1.165) is 49.8 Å². The molecule has 0 saturated carbocycles. The molecule has 0 aromatic carbocycles. The minimum absolute atomic E-state index is 0.0358. The van der Waals surface area contributed by atoms with Gasteiger partial charge in [0.1, 0.15) is 0 Å². The highest BCUT2D eigenvalue weighted by molar-refractivity contribution is 7.15. The van der Waals surface area contributed by atoms with Crippen molar-refractivity contribution in [3.05, 3.63) is 10.6 Å². The van der Waals surface area contributed by atoms with Crippen LogP contribution in [0, 0.1) is 19.8 Å². The van der Waals surface area contributed by atoms with Crippen LogP contribution in [-0.2, 0) is 14.3 Å². The first-order valence-electron chi connectivity index (χ1n) is 9.67. The van der Waals surface area contributed by atoms with Crippen molar-refractivity contribution >= 4 is 28.3 Å². The summed E-state index contributed by atoms with van der Waals surface area (Å²) in [5.74, 6) is 0.118. The van der Waals surface area contributed by atoms with E-state index in [9.17, 15) is 9.59 Å². The molecule has 2 heterocycles. The molecule has 8 heteroatoms. The van der Waals surface area contributed by atoms with Crippen molar-refractivity contribution in [1.29, 1.82) is 0 Å². The SMILES string of the molecule is Cc1nc(NC(=O)CN(CCCN2CCOCC2)C(=O)CC(C)C)sc1C. The van der Waals surface area contributed by atoms with Crippen molar-refractivity contribution in [1.82, 2.24) is 14.8 Å². The Morgan fingerprint density at radius 1 is 1.30 bits per heavy atom. The van der Waals surface area contributed by atoms with Crippen molar-refractivity contribution in [2.45, 2.75) is 40.5 Å². The Morgan fingerprint density at radius 3 is 2.59 bits per heavy atom. The maximum Gasteiger partial charge on any atom is 0.245 e. The Labute approximate surface area is 166 Å². The van der Waals surface area contributed by atoms with Gasteiger partial charge in [-0.3, -0.25) is 14.5 Å². The lowest BCUT2D eigenvalue weighted by atomic mass is 10.1. The summed E-state index contributed by atoms with van der Waals surface area (Å²) in [6, 6.07) is 0. The van der Waals surface area contributed by atoms with E-state index >= 15 is 0 Å². The fraction of sp³-hybridized carbons (Fsp3) is 0.737. The van der Waals surface area contributed by atoms with Crippen LogP contribution in [0.2, 0.25) is 0 Å². The summed E-state index contributed by atoms with van der Waals surface area (Å²) >= 11 is 1.46. The van der Waals surface area contributed by atoms with Crippen LogP contribution >= 0.6 is 11.3 Å². The number of hydrogen-bond donors (Lipinski definition) is 1. The van der Waals surface area contributed by atoms with Gasteiger partial charge in [-0.25, -0.2) is 4.98 Å². The summed E-state index contributed by atoms with van der Waals surface area (Å²) in [4.78, 5) is 34.5. The van der Waals surface area contributed by atoms with E-state index in [1.54, 1.807) is 4.90 Å². The molecule has 27 heavy (non-hydrogen) atoms. The summed E-state index contributed by atoms with van der Waals surface area (Å²) in [5.41, 5.74) is 0.925. The first-order valence-corrected chi connectivity index (χ1v) is 10.5. The predicted molar refractivity (Wildman–Crippen MR) is 108 cm³/mol. The van der Waals surface area contributed by atoms with Crippen molar-refractivity contribution < 1.29 is 14.3 Å². The van der Waals surface area contributed by atoms with Gasteiger partial charge in [-0.15, -0.1) is 11.3 Å². The van der Waals surface area contributed by atoms with Gasteiger partial charge in [-0.1, -0.05) is 13.8 Å². The lowest BCUT2D eigenvalue weighted by Crippen LogP contribution is -2.41. The summed E-state index contributed by atoms with van der Waals surface area (Å²) in [5, 5.41) is 3.43. The molecule has 0 bridgehead atoms. The number of morpholine rings is 1. The zero-order valence-corrected chi connectivity index (χ0v) is 17.7. The molecule has 0 aliphatic carbocycles. The molecule has 1 fully saturated rings. The van der Waals surface area contributed by atoms with E-state index < -0.39 is 0 Å². The van der Waals surface area contributed by atoms with Gasteiger partial charge in [-0.05, 0) is 26.2 Å². The van der Waals surface area contributed by atoms with E-state index in [-0.39, 0.29) is 24.3 Å². The first-order chi connectivity index (χ1) is 12.8. The molecule has 1 aromatic rings. The van der Waals surface area contributed by atoms with Gasteiger partial charge in [0.25, 0.3) is 0 Å². The highest BCUT2D eigenvalue weighted by Gasteiger charge is 2.20. The normalized spacial score (nSPS) is 15.1. The second kappa shape index (κ2) is 10.7. The highest BCUT2D eigenvalue weighted by atomic mass is 32.1. The Hall–Kier alpha value is -1.51. The zero-order chi connectivity index (χ0) is 19.8. The van der Waals surface area contributed by atoms with Crippen LogP contribution in [0.5, 0.6) is 0 Å². The molecule has 0 unspecified atom stereocenters. The number of aromatic nitrogens is 1. The van der Waals surface area contributed by atoms with Crippen LogP contribution in [0.1, 0.15) is 37.3 Å². The van der Waals surface area contributed by atoms with Gasteiger partial charge in [0, 0.05) is 37.5 Å². The van der Waals surface area contributed by atoms with Crippen LogP contribution in [0.15, 0.2) is 0 Å². The zero-order valence-electron chi connectivity index (χ0n) is 16.9. The Kier molecular flexibility index (Phi) is 8.66. The maximum atomic E-state index is 12.6. The van der Waals surface area contributed by atoms with Crippen LogP contribution in [0.4, 0.5) is 5.13 Å². The molecule has 1 N–H and O–H groups in total. The maximum absolute atomic E-state index is 12.6. The number of aryl methyl sites for hydroxylation is 2. The Morgan fingerprint density at radius 2 is 2.00 bits per heavy atom. The lowest BCUT2D eigenvalue weighted by molar-refractivity contribution is -0.135. The van der Waals surface area contributed by atoms with Crippen LogP contribution in [-0.4, -0.2) is 72.5 Å². The number of thiazole rings is 1. The molecule has 0 spiro atoms. The molecular weight excluding hydrogens is 364 g/mol. The molecule has 7 nitrogen and oxygen atoms in total. The number of anilines is 1. The average molecular weight is 397 g/mol. The van der Waals surface area contributed by atoms with Gasteiger partial charge >= 0.3 is 0 Å². The number of carbonyl (C=O) groups excluding carboxylic acids is 2. The second-order valence-electron chi connectivity index (χ2n) is 7.43. The number of rotatable bonds is 9. The summed E-state index contributed by atoms with van der Waals surface area (Å²) in [6.07, 6.45) is 1.31. The van der Waals surface area contributed by atoms with E-state index in [1.165, 1.54) is 11.3 Å². The minimum atomic E-state index is -0.188. The molecule has 1 saturated heterocycles. The van der Waals surface area contributed by atoms with Crippen molar-refractivity contribution in [2.24, 2.45) is 5.92 Å². The number of nitrogens with one attached hydrogen (secondary N) is 1. The van der Waals surface area contributed by atoms with Crippen LogP contribution in [0.25, 0.3) is 0 Å². The molecular formula is C19H32N4O3S. The molecule has 0 radical (unpaired) electrons. The molecule has 1 aliphatic heterocycles. The van der Waals surface area contributed by atoms with Gasteiger partial charge in [0.15, 0.2) is 5.13 Å². The fourth-order valence-electron chi connectivity index (χ4n) is 2.94. The fourth-order valence-corrected chi connectivity index (χ4v) is 3.77. The second-order valence-corrected chi connectivity index (χ2v) is 8.63. The summed E-state index contributed by atoms with van der Waals surface area (Å²) < 4.78 is 5.36. The molecule has 1 aliphatic rings. The number of amides is 2. The number of hydrogen-bond acceptors (Lipinski definition) is 6. The van der Waals surface area contributed by atoms with Gasteiger partial charge in [0.2, 0.25) is 11.8 Å². The van der Waals surface area contributed by atoms with Crippen LogP contribution in [0.3, 0.4) is 0 Å². The largest absolute Gasteiger partial charge is 0.379 e. The molecule has 0 atom stereocenters. The third-order valence-electron chi connectivity index (χ3n) is 4.55. The lowest BCUT2D eigenvalue weighted by Gasteiger charge is -2.28. The number of ether oxygens (including phenoxy) is 1.